The fourth-order valence-corrected chi connectivity index (χ4v) is 2.50. The minimum Gasteiger partial charge on any atom is -0.480 e. The third kappa shape index (κ3) is 1.96. The first-order valence-electron chi connectivity index (χ1n) is 4.73. The van der Waals surface area contributed by atoms with Crippen molar-refractivity contribution in [3.05, 3.63) is 27.7 Å². The molecule has 2 atom stereocenters. The number of carboxylic acid groups (broad SMARTS) is 1. The van der Waals surface area contributed by atoms with Gasteiger partial charge in [-0.15, -0.1) is 0 Å². The highest BCUT2D eigenvalue weighted by atomic mass is 35.5. The predicted molar refractivity (Wildman–Crippen MR) is 63.1 cm³/mol. The van der Waals surface area contributed by atoms with Gasteiger partial charge in [0.1, 0.15) is 6.04 Å². The number of nitrogens with two attached hydrogens (primary N) is 1. The second-order valence-corrected chi connectivity index (χ2v) is 4.57. The van der Waals surface area contributed by atoms with E-state index in [1.807, 2.05) is 0 Å². The molecule has 0 saturated carbocycles. The van der Waals surface area contributed by atoms with Gasteiger partial charge in [-0.25, -0.2) is 4.79 Å². The van der Waals surface area contributed by atoms with E-state index in [1.165, 1.54) is 0 Å². The molecule has 0 bridgehead atoms. The van der Waals surface area contributed by atoms with Crippen LogP contribution in [0.1, 0.15) is 18.0 Å². The van der Waals surface area contributed by atoms with Gasteiger partial charge in [0.05, 0.1) is 0 Å². The summed E-state index contributed by atoms with van der Waals surface area (Å²) in [6, 6.07) is 2.15. The normalized spacial score (nSPS) is 23.4. The molecule has 86 valence electrons. The molecular formula is C10H10Cl2N2O2. The molecule has 0 radical (unpaired) electrons. The number of nitrogens with one attached hydrogen (secondary N) is 1. The van der Waals surface area contributed by atoms with Gasteiger partial charge in [-0.3, -0.25) is 0 Å². The van der Waals surface area contributed by atoms with Crippen LogP contribution >= 0.6 is 23.2 Å². The third-order valence-corrected chi connectivity index (χ3v) is 3.11. The molecule has 1 aliphatic rings. The largest absolute Gasteiger partial charge is 0.480 e. The lowest BCUT2D eigenvalue weighted by Crippen LogP contribution is -2.37. The fraction of sp³-hybridized carbons (Fsp3) is 0.300. The van der Waals surface area contributed by atoms with Gasteiger partial charge in [0.15, 0.2) is 0 Å². The predicted octanol–water partition coefficient (Wildman–Crippen LogP) is 2.26. The molecule has 0 saturated heterocycles. The maximum Gasteiger partial charge on any atom is 0.326 e. The van der Waals surface area contributed by atoms with E-state index in [-0.39, 0.29) is 6.04 Å². The molecule has 4 nitrogen and oxygen atoms in total. The number of carboxylic acids is 1. The van der Waals surface area contributed by atoms with Crippen molar-refractivity contribution in [2.24, 2.45) is 5.73 Å². The molecule has 0 spiro atoms. The lowest BCUT2D eigenvalue weighted by Gasteiger charge is -2.29. The van der Waals surface area contributed by atoms with E-state index in [4.69, 9.17) is 34.0 Å². The first-order chi connectivity index (χ1) is 7.49. The van der Waals surface area contributed by atoms with E-state index < -0.39 is 12.0 Å². The highest BCUT2D eigenvalue weighted by Crippen LogP contribution is 2.38. The number of rotatable bonds is 1. The Morgan fingerprint density at radius 2 is 2.19 bits per heavy atom. The molecule has 0 aromatic heterocycles. The Morgan fingerprint density at radius 3 is 2.81 bits per heavy atom. The van der Waals surface area contributed by atoms with Crippen molar-refractivity contribution in [1.29, 1.82) is 0 Å². The number of aliphatic carboxylic acids is 1. The number of benzene rings is 1. The van der Waals surface area contributed by atoms with Crippen LogP contribution in [0.25, 0.3) is 0 Å². The standard InChI is InChI=1S/C10H10Cl2N2O2/c11-4-1-5(12)9-6(13)3-8(10(15)16)14-7(9)2-4/h1-2,6,8,14H,3,13H2,(H,15,16)/t6-,8-/m1/s1. The molecule has 1 aliphatic heterocycles. The summed E-state index contributed by atoms with van der Waals surface area (Å²) >= 11 is 11.9. The Bertz CT molecular complexity index is 451. The second kappa shape index (κ2) is 4.13. The van der Waals surface area contributed by atoms with Crippen LogP contribution in [0.2, 0.25) is 10.0 Å². The Hall–Kier alpha value is -0.970. The summed E-state index contributed by atoms with van der Waals surface area (Å²) in [5, 5.41) is 12.7. The van der Waals surface area contributed by atoms with Crippen LogP contribution in [0.4, 0.5) is 5.69 Å². The minimum absolute atomic E-state index is 0.309. The smallest absolute Gasteiger partial charge is 0.326 e. The van der Waals surface area contributed by atoms with Gasteiger partial charge in [-0.2, -0.15) is 0 Å². The van der Waals surface area contributed by atoms with E-state index in [1.54, 1.807) is 12.1 Å². The summed E-state index contributed by atoms with van der Waals surface area (Å²) in [5.74, 6) is -0.933. The average molecular weight is 261 g/mol. The Morgan fingerprint density at radius 1 is 1.50 bits per heavy atom. The Labute approximate surface area is 102 Å². The molecular weight excluding hydrogens is 251 g/mol. The van der Waals surface area contributed by atoms with Crippen LogP contribution in [0.3, 0.4) is 0 Å². The van der Waals surface area contributed by atoms with E-state index in [2.05, 4.69) is 5.32 Å². The van der Waals surface area contributed by atoms with Gasteiger partial charge >= 0.3 is 5.97 Å². The molecule has 1 aromatic carbocycles. The molecule has 4 N–H and O–H groups in total. The van der Waals surface area contributed by atoms with Crippen LogP contribution in [-0.2, 0) is 4.79 Å². The monoisotopic (exact) mass is 260 g/mol. The van der Waals surface area contributed by atoms with Gasteiger partial charge in [0.25, 0.3) is 0 Å². The Balaban J connectivity index is 2.46. The lowest BCUT2D eigenvalue weighted by molar-refractivity contribution is -0.138. The topological polar surface area (TPSA) is 75.4 Å². The summed E-state index contributed by atoms with van der Waals surface area (Å²) in [4.78, 5) is 10.9. The number of fused-ring (bicyclic) bond motifs is 1. The molecule has 0 unspecified atom stereocenters. The molecule has 0 amide bonds. The summed E-state index contributed by atoms with van der Waals surface area (Å²) in [5.41, 5.74) is 7.22. The molecule has 0 aliphatic carbocycles. The van der Waals surface area contributed by atoms with Crippen LogP contribution < -0.4 is 11.1 Å². The van der Waals surface area contributed by atoms with Crippen molar-refractivity contribution >= 4 is 34.9 Å². The van der Waals surface area contributed by atoms with Crippen molar-refractivity contribution in [3.8, 4) is 0 Å². The molecule has 1 heterocycles. The number of halogens is 2. The van der Waals surface area contributed by atoms with Crippen molar-refractivity contribution in [2.45, 2.75) is 18.5 Å². The van der Waals surface area contributed by atoms with E-state index in [0.29, 0.717) is 22.2 Å². The zero-order valence-corrected chi connectivity index (χ0v) is 9.72. The summed E-state index contributed by atoms with van der Waals surface area (Å²) in [7, 11) is 0. The maximum absolute atomic E-state index is 10.9. The maximum atomic E-state index is 10.9. The van der Waals surface area contributed by atoms with Crippen LogP contribution in [0.5, 0.6) is 0 Å². The summed E-state index contributed by atoms with van der Waals surface area (Å²) in [6.45, 7) is 0. The number of hydrogen-bond donors (Lipinski definition) is 3. The van der Waals surface area contributed by atoms with Gasteiger partial charge in [-0.05, 0) is 18.6 Å². The minimum atomic E-state index is -0.933. The molecule has 0 fully saturated rings. The number of hydrogen-bond acceptors (Lipinski definition) is 3. The molecule has 1 aromatic rings. The van der Waals surface area contributed by atoms with Crippen molar-refractivity contribution in [3.63, 3.8) is 0 Å². The van der Waals surface area contributed by atoms with Gasteiger partial charge in [0.2, 0.25) is 0 Å². The first-order valence-corrected chi connectivity index (χ1v) is 5.48. The van der Waals surface area contributed by atoms with Crippen molar-refractivity contribution in [2.75, 3.05) is 5.32 Å². The van der Waals surface area contributed by atoms with Gasteiger partial charge in [0, 0.05) is 27.3 Å². The highest BCUT2D eigenvalue weighted by molar-refractivity contribution is 6.35. The summed E-state index contributed by atoms with van der Waals surface area (Å²) in [6.07, 6.45) is 0.309. The zero-order chi connectivity index (χ0) is 11.9. The lowest BCUT2D eigenvalue weighted by atomic mass is 9.93. The van der Waals surface area contributed by atoms with E-state index in [9.17, 15) is 4.79 Å². The Kier molecular flexibility index (Phi) is 2.97. The van der Waals surface area contributed by atoms with E-state index >= 15 is 0 Å². The molecule has 6 heteroatoms. The van der Waals surface area contributed by atoms with Gasteiger partial charge in [-0.1, -0.05) is 23.2 Å². The van der Waals surface area contributed by atoms with Crippen LogP contribution in [0.15, 0.2) is 12.1 Å². The van der Waals surface area contributed by atoms with E-state index in [0.717, 1.165) is 5.56 Å². The fourth-order valence-electron chi connectivity index (χ4n) is 1.86. The second-order valence-electron chi connectivity index (χ2n) is 3.73. The van der Waals surface area contributed by atoms with Gasteiger partial charge < -0.3 is 16.2 Å². The van der Waals surface area contributed by atoms with Crippen molar-refractivity contribution < 1.29 is 9.90 Å². The summed E-state index contributed by atoms with van der Waals surface area (Å²) < 4.78 is 0. The third-order valence-electron chi connectivity index (χ3n) is 2.58. The highest BCUT2D eigenvalue weighted by Gasteiger charge is 2.30. The quantitative estimate of drug-likeness (QED) is 0.724. The van der Waals surface area contributed by atoms with Crippen LogP contribution in [0, 0.1) is 0 Å². The number of carbonyl (C=O) groups is 1. The molecule has 2 rings (SSSR count). The van der Waals surface area contributed by atoms with Crippen LogP contribution in [-0.4, -0.2) is 17.1 Å². The molecule has 16 heavy (non-hydrogen) atoms. The zero-order valence-electron chi connectivity index (χ0n) is 8.21. The van der Waals surface area contributed by atoms with Crippen molar-refractivity contribution in [1.82, 2.24) is 0 Å². The SMILES string of the molecule is N[C@@H]1C[C@H](C(=O)O)Nc2cc(Cl)cc(Cl)c21. The first kappa shape index (κ1) is 11.5. The average Bonchev–Trinajstić information content (AvgIpc) is 2.15. The number of anilines is 1.